The summed E-state index contributed by atoms with van der Waals surface area (Å²) in [6.07, 6.45) is 0. The molecule has 0 bridgehead atoms. The molecule has 0 saturated heterocycles. The zero-order chi connectivity index (χ0) is 20.2. The van der Waals surface area contributed by atoms with Crippen LogP contribution in [0.4, 0.5) is 5.69 Å². The van der Waals surface area contributed by atoms with Gasteiger partial charge in [0.2, 0.25) is 0 Å². The Kier molecular flexibility index (Phi) is 4.60. The zero-order valence-electron chi connectivity index (χ0n) is 15.3. The van der Waals surface area contributed by atoms with Crippen LogP contribution in [0.15, 0.2) is 45.9 Å². The lowest BCUT2D eigenvalue weighted by atomic mass is 9.91. The van der Waals surface area contributed by atoms with E-state index in [1.165, 1.54) is 4.90 Å². The fourth-order valence-electron chi connectivity index (χ4n) is 3.71. The third-order valence-corrected chi connectivity index (χ3v) is 6.72. The minimum absolute atomic E-state index is 0.0561. The van der Waals surface area contributed by atoms with Crippen LogP contribution in [0.1, 0.15) is 22.3 Å². The van der Waals surface area contributed by atoms with Gasteiger partial charge < -0.3 is 15.7 Å². The second-order valence-corrected chi connectivity index (χ2v) is 9.08. The maximum atomic E-state index is 13.4. The number of rotatable bonds is 3. The van der Waals surface area contributed by atoms with E-state index in [1.807, 2.05) is 26.0 Å². The first-order valence-corrected chi connectivity index (χ1v) is 10.3. The number of carbonyl (C=O) groups excluding carboxylic acids is 2. The quantitative estimate of drug-likeness (QED) is 0.735. The molecule has 2 amide bonds. The van der Waals surface area contributed by atoms with Crippen LogP contribution < -0.4 is 10.6 Å². The topological polar surface area (TPSA) is 96.0 Å². The molecule has 2 aliphatic rings. The number of amides is 2. The molecule has 0 fully saturated rings. The number of aryl methyl sites for hydroxylation is 2. The van der Waals surface area contributed by atoms with E-state index in [-0.39, 0.29) is 5.17 Å². The van der Waals surface area contributed by atoms with Gasteiger partial charge in [0.1, 0.15) is 5.25 Å². The fourth-order valence-corrected chi connectivity index (χ4v) is 5.01. The van der Waals surface area contributed by atoms with Gasteiger partial charge in [-0.05, 0) is 43.2 Å². The summed E-state index contributed by atoms with van der Waals surface area (Å²) in [5.41, 5.74) is 7.77. The number of anilines is 1. The van der Waals surface area contributed by atoms with Crippen molar-refractivity contribution in [1.82, 2.24) is 0 Å². The van der Waals surface area contributed by atoms with Crippen LogP contribution in [-0.4, -0.2) is 27.3 Å². The molecule has 8 heteroatoms. The predicted octanol–water partition coefficient (Wildman–Crippen LogP) is 2.76. The van der Waals surface area contributed by atoms with Crippen molar-refractivity contribution in [2.24, 2.45) is 10.7 Å². The molecule has 0 aromatic heterocycles. The van der Waals surface area contributed by atoms with Crippen molar-refractivity contribution in [2.45, 2.75) is 31.2 Å². The SMILES string of the molecule is Cc1ccc(CN2C(=O)C(O)(C3SC(N)=NC3=O)c3cc(Br)ccc32)c(C)c1. The molecule has 6 nitrogen and oxygen atoms in total. The average Bonchev–Trinajstić information content (AvgIpc) is 3.07. The molecular formula is C20H18BrN3O3S. The number of nitrogens with two attached hydrogens (primary N) is 1. The summed E-state index contributed by atoms with van der Waals surface area (Å²) in [6.45, 7) is 4.29. The van der Waals surface area contributed by atoms with Crippen molar-refractivity contribution >= 4 is 50.4 Å². The molecule has 2 aromatic carbocycles. The average molecular weight is 460 g/mol. The summed E-state index contributed by atoms with van der Waals surface area (Å²) in [4.78, 5) is 31.0. The Morgan fingerprint density at radius 1 is 1.25 bits per heavy atom. The van der Waals surface area contributed by atoms with Gasteiger partial charge in [-0.3, -0.25) is 9.59 Å². The monoisotopic (exact) mass is 459 g/mol. The summed E-state index contributed by atoms with van der Waals surface area (Å²) in [5, 5.41) is 10.5. The molecule has 2 atom stereocenters. The van der Waals surface area contributed by atoms with Gasteiger partial charge in [-0.2, -0.15) is 4.99 Å². The van der Waals surface area contributed by atoms with Gasteiger partial charge in [-0.1, -0.05) is 51.5 Å². The highest BCUT2D eigenvalue weighted by atomic mass is 79.9. The fraction of sp³-hybridized carbons (Fsp3) is 0.250. The lowest BCUT2D eigenvalue weighted by molar-refractivity contribution is -0.140. The molecule has 144 valence electrons. The van der Waals surface area contributed by atoms with E-state index >= 15 is 0 Å². The van der Waals surface area contributed by atoms with E-state index in [1.54, 1.807) is 18.2 Å². The Hall–Kier alpha value is -2.16. The second-order valence-electron chi connectivity index (χ2n) is 7.04. The molecule has 0 aliphatic carbocycles. The van der Waals surface area contributed by atoms with Crippen molar-refractivity contribution in [1.29, 1.82) is 0 Å². The highest BCUT2D eigenvalue weighted by Crippen LogP contribution is 2.48. The van der Waals surface area contributed by atoms with Gasteiger partial charge in [0.05, 0.1) is 12.2 Å². The van der Waals surface area contributed by atoms with Crippen LogP contribution in [0.25, 0.3) is 0 Å². The van der Waals surface area contributed by atoms with Crippen LogP contribution in [0.3, 0.4) is 0 Å². The highest BCUT2D eigenvalue weighted by molar-refractivity contribution is 9.10. The number of benzene rings is 2. The van der Waals surface area contributed by atoms with E-state index in [4.69, 9.17) is 5.73 Å². The molecule has 0 saturated carbocycles. The van der Waals surface area contributed by atoms with Gasteiger partial charge >= 0.3 is 0 Å². The van der Waals surface area contributed by atoms with Gasteiger partial charge in [-0.25, -0.2) is 0 Å². The second kappa shape index (κ2) is 6.72. The maximum absolute atomic E-state index is 13.4. The van der Waals surface area contributed by atoms with E-state index < -0.39 is 22.7 Å². The molecule has 0 radical (unpaired) electrons. The van der Waals surface area contributed by atoms with Crippen LogP contribution in [0.2, 0.25) is 0 Å². The highest BCUT2D eigenvalue weighted by Gasteiger charge is 2.59. The van der Waals surface area contributed by atoms with Gasteiger partial charge in [0.25, 0.3) is 11.8 Å². The number of amidine groups is 1. The first-order valence-electron chi connectivity index (χ1n) is 8.67. The number of thioether (sulfide) groups is 1. The number of hydrogen-bond donors (Lipinski definition) is 2. The molecule has 2 aromatic rings. The third kappa shape index (κ3) is 2.87. The molecule has 2 aliphatic heterocycles. The summed E-state index contributed by atoms with van der Waals surface area (Å²) in [7, 11) is 0. The third-order valence-electron chi connectivity index (χ3n) is 5.12. The van der Waals surface area contributed by atoms with Crippen LogP contribution >= 0.6 is 27.7 Å². The van der Waals surface area contributed by atoms with Gasteiger partial charge in [0.15, 0.2) is 10.8 Å². The number of fused-ring (bicyclic) bond motifs is 1. The number of halogens is 1. The molecule has 4 rings (SSSR count). The largest absolute Gasteiger partial charge is 0.378 e. The maximum Gasteiger partial charge on any atom is 0.265 e. The molecular weight excluding hydrogens is 442 g/mol. The summed E-state index contributed by atoms with van der Waals surface area (Å²) in [5.74, 6) is -1.14. The molecule has 3 N–H and O–H groups in total. The van der Waals surface area contributed by atoms with E-state index in [0.717, 1.165) is 28.5 Å². The molecule has 2 heterocycles. The van der Waals surface area contributed by atoms with Crippen LogP contribution in [0, 0.1) is 13.8 Å². The molecule has 2 unspecified atom stereocenters. The van der Waals surface area contributed by atoms with E-state index in [9.17, 15) is 14.7 Å². The van der Waals surface area contributed by atoms with Gasteiger partial charge in [0, 0.05) is 10.0 Å². The van der Waals surface area contributed by atoms with E-state index in [0.29, 0.717) is 22.3 Å². The van der Waals surface area contributed by atoms with Crippen molar-refractivity contribution < 1.29 is 14.7 Å². The van der Waals surface area contributed by atoms with E-state index in [2.05, 4.69) is 27.0 Å². The first-order chi connectivity index (χ1) is 13.2. The Balaban J connectivity index is 1.80. The van der Waals surface area contributed by atoms with Crippen molar-refractivity contribution in [3.63, 3.8) is 0 Å². The first kappa shape index (κ1) is 19.2. The van der Waals surface area contributed by atoms with Crippen LogP contribution in [0.5, 0.6) is 0 Å². The minimum atomic E-state index is -2.02. The minimum Gasteiger partial charge on any atom is -0.378 e. The number of carbonyl (C=O) groups is 2. The van der Waals surface area contributed by atoms with Crippen molar-refractivity contribution in [3.8, 4) is 0 Å². The molecule has 28 heavy (non-hydrogen) atoms. The number of nitrogens with zero attached hydrogens (tertiary/aromatic N) is 2. The Labute approximate surface area is 174 Å². The Morgan fingerprint density at radius 2 is 2.00 bits per heavy atom. The Bertz CT molecular complexity index is 1050. The number of hydrogen-bond acceptors (Lipinski definition) is 5. The number of aliphatic imine (C=N–C) groups is 1. The summed E-state index contributed by atoms with van der Waals surface area (Å²) in [6, 6.07) is 11.3. The van der Waals surface area contributed by atoms with Crippen molar-refractivity contribution in [3.05, 3.63) is 63.1 Å². The smallest absolute Gasteiger partial charge is 0.265 e. The predicted molar refractivity (Wildman–Crippen MR) is 113 cm³/mol. The lowest BCUT2D eigenvalue weighted by Gasteiger charge is -2.27. The molecule has 0 spiro atoms. The van der Waals surface area contributed by atoms with Gasteiger partial charge in [-0.15, -0.1) is 0 Å². The zero-order valence-corrected chi connectivity index (χ0v) is 17.7. The van der Waals surface area contributed by atoms with Crippen molar-refractivity contribution in [2.75, 3.05) is 4.90 Å². The Morgan fingerprint density at radius 3 is 2.64 bits per heavy atom. The van der Waals surface area contributed by atoms with Crippen LogP contribution in [-0.2, 0) is 21.7 Å². The number of aliphatic hydroxyl groups is 1. The lowest BCUT2D eigenvalue weighted by Crippen LogP contribution is -2.49. The standard InChI is InChI=1S/C20H18BrN3O3S/c1-10-3-4-12(11(2)7-10)9-24-15-6-5-13(21)8-14(15)20(27,18(24)26)16-17(25)23-19(22)28-16/h3-8,16,27H,9H2,1-2H3,(H2,22,23,25). The normalized spacial score (nSPS) is 23.9. The summed E-state index contributed by atoms with van der Waals surface area (Å²) < 4.78 is 0.704. The summed E-state index contributed by atoms with van der Waals surface area (Å²) >= 11 is 4.31.